The minimum absolute atomic E-state index is 0. The summed E-state index contributed by atoms with van der Waals surface area (Å²) in [6.07, 6.45) is 17.9. The van der Waals surface area contributed by atoms with E-state index in [0.717, 1.165) is 32.6 Å². The molecule has 3 aliphatic heterocycles. The zero-order chi connectivity index (χ0) is 20.7. The molecule has 2 saturated heterocycles. The normalized spacial score (nSPS) is 23.4. The van der Waals surface area contributed by atoms with Gasteiger partial charge in [0.2, 0.25) is 0 Å². The zero-order valence-corrected chi connectivity index (χ0v) is 18.7. The Balaban J connectivity index is 0.000000827. The van der Waals surface area contributed by atoms with E-state index in [2.05, 4.69) is 28.4 Å². The third-order valence-corrected chi connectivity index (χ3v) is 5.73. The van der Waals surface area contributed by atoms with Crippen molar-refractivity contribution in [1.29, 1.82) is 0 Å². The first-order valence-electron chi connectivity index (χ1n) is 11.1. The van der Waals surface area contributed by atoms with E-state index in [4.69, 9.17) is 26.0 Å². The van der Waals surface area contributed by atoms with Gasteiger partial charge in [0.05, 0.1) is 0 Å². The molecule has 1 N–H and O–H groups in total. The Labute approximate surface area is 191 Å². The maximum Gasteiger partial charge on any atom is 1.00 e. The van der Waals surface area contributed by atoms with Gasteiger partial charge in [-0.05, 0) is 19.5 Å². The van der Waals surface area contributed by atoms with E-state index in [1.165, 1.54) is 70.2 Å². The number of hydrogen-bond donors (Lipinski definition) is 1. The molecule has 3 heterocycles. The standard InChI is InChI=1S/C21H35N4.Cu.HNO3/c1-4-13-22-19(7-1)10-16-25(17-11-20-8-2-5-14-23-20)18-12-21-9-3-6-15-24-21;;2-1(3)4/h1,4,7,20-21H,2-3,5-6,8-18H2;;(H,2,3,4)/q-3;+1;. The molecular weight excluding hydrogens is 434 g/mol. The Bertz CT molecular complexity index is 495. The van der Waals surface area contributed by atoms with Gasteiger partial charge in [0.25, 0.3) is 5.09 Å². The number of piperidine rings is 2. The van der Waals surface area contributed by atoms with Crippen LogP contribution in [0.2, 0.25) is 0 Å². The molecule has 176 valence electrons. The first kappa shape index (κ1) is 26.9. The molecule has 2 unspecified atom stereocenters. The predicted octanol–water partition coefficient (Wildman–Crippen LogP) is 4.79. The van der Waals surface area contributed by atoms with E-state index in [9.17, 15) is 0 Å². The van der Waals surface area contributed by atoms with Crippen molar-refractivity contribution in [1.82, 2.24) is 4.90 Å². The first-order chi connectivity index (χ1) is 14.1. The van der Waals surface area contributed by atoms with Gasteiger partial charge in [0, 0.05) is 6.54 Å². The Morgan fingerprint density at radius 2 is 1.60 bits per heavy atom. The van der Waals surface area contributed by atoms with Crippen molar-refractivity contribution in [2.45, 2.75) is 69.9 Å². The number of allylic oxidation sites excluding steroid dienone is 2. The van der Waals surface area contributed by atoms with Crippen LogP contribution in [-0.2, 0) is 17.1 Å². The third kappa shape index (κ3) is 12.5. The molecule has 8 nitrogen and oxygen atoms in total. The fourth-order valence-electron chi connectivity index (χ4n) is 4.08. The smallest absolute Gasteiger partial charge is 0.685 e. The second-order valence-electron chi connectivity index (χ2n) is 7.95. The van der Waals surface area contributed by atoms with Crippen LogP contribution in [0.1, 0.15) is 57.8 Å². The minimum Gasteiger partial charge on any atom is -0.685 e. The molecule has 0 spiro atoms. The summed E-state index contributed by atoms with van der Waals surface area (Å²) in [5, 5.41) is 27.9. The Morgan fingerprint density at radius 1 is 1.03 bits per heavy atom. The molecule has 0 aromatic heterocycles. The van der Waals surface area contributed by atoms with Crippen LogP contribution >= 0.6 is 0 Å². The molecule has 0 radical (unpaired) electrons. The van der Waals surface area contributed by atoms with Gasteiger partial charge in [0.1, 0.15) is 0 Å². The van der Waals surface area contributed by atoms with Crippen LogP contribution in [0.4, 0.5) is 0 Å². The van der Waals surface area contributed by atoms with Crippen molar-refractivity contribution >= 4 is 0 Å². The molecule has 0 aliphatic carbocycles. The molecule has 0 aromatic rings. The van der Waals surface area contributed by atoms with Crippen LogP contribution in [0.5, 0.6) is 0 Å². The summed E-state index contributed by atoms with van der Waals surface area (Å²) >= 11 is 0. The van der Waals surface area contributed by atoms with Crippen LogP contribution in [0.15, 0.2) is 23.9 Å². The maximum atomic E-state index is 8.36. The average molecular weight is 470 g/mol. The summed E-state index contributed by atoms with van der Waals surface area (Å²) < 4.78 is 0. The van der Waals surface area contributed by atoms with Crippen molar-refractivity contribution in [2.24, 2.45) is 0 Å². The zero-order valence-electron chi connectivity index (χ0n) is 17.8. The van der Waals surface area contributed by atoms with Gasteiger partial charge in [0.15, 0.2) is 0 Å². The summed E-state index contributed by atoms with van der Waals surface area (Å²) in [7, 11) is 0. The summed E-state index contributed by atoms with van der Waals surface area (Å²) in [5.74, 6) is 0. The first-order valence-corrected chi connectivity index (χ1v) is 11.1. The van der Waals surface area contributed by atoms with Crippen LogP contribution in [0, 0.1) is 10.1 Å². The fourth-order valence-corrected chi connectivity index (χ4v) is 4.08. The third-order valence-electron chi connectivity index (χ3n) is 5.73. The molecule has 3 aliphatic rings. The Kier molecular flexibility index (Phi) is 14.9. The topological polar surface area (TPSA) is 109 Å². The van der Waals surface area contributed by atoms with E-state index in [1.807, 2.05) is 0 Å². The van der Waals surface area contributed by atoms with Crippen molar-refractivity contribution in [3.05, 3.63) is 50.0 Å². The molecular formula is C21H36CuN5O3-2. The SMILES string of the molecule is C1=CC[N-]C(CCN(CCC2CCCC[N-]2)CCC2CCCC[N-]2)=C1.O=[N+]([O-])O.[Cu+]. The molecule has 3 rings (SSSR count). The predicted molar refractivity (Wildman–Crippen MR) is 116 cm³/mol. The minimum atomic E-state index is -1.50. The number of rotatable bonds is 9. The van der Waals surface area contributed by atoms with Gasteiger partial charge in [-0.15, -0.1) is 47.9 Å². The van der Waals surface area contributed by atoms with Crippen LogP contribution in [-0.4, -0.2) is 66.5 Å². The molecule has 2 fully saturated rings. The van der Waals surface area contributed by atoms with Gasteiger partial charge < -0.3 is 26.1 Å². The van der Waals surface area contributed by atoms with Gasteiger partial charge in [-0.25, -0.2) is 0 Å². The Morgan fingerprint density at radius 3 is 2.03 bits per heavy atom. The number of nitrogens with zero attached hydrogens (tertiary/aromatic N) is 5. The van der Waals surface area contributed by atoms with Gasteiger partial charge in [-0.3, -0.25) is 0 Å². The largest absolute Gasteiger partial charge is 1.00 e. The van der Waals surface area contributed by atoms with Crippen molar-refractivity contribution in [2.75, 3.05) is 39.3 Å². The average Bonchev–Trinajstić information content (AvgIpc) is 2.75. The second kappa shape index (κ2) is 16.6. The molecule has 0 bridgehead atoms. The molecule has 9 heteroatoms. The van der Waals surface area contributed by atoms with E-state index in [-0.39, 0.29) is 17.1 Å². The monoisotopic (exact) mass is 469 g/mol. The maximum absolute atomic E-state index is 8.36. The van der Waals surface area contributed by atoms with Gasteiger partial charge >= 0.3 is 17.1 Å². The Hall–Kier alpha value is -1.12. The number of hydrogen-bond acceptors (Lipinski definition) is 3. The van der Waals surface area contributed by atoms with Gasteiger partial charge in [-0.1, -0.05) is 63.5 Å². The summed E-state index contributed by atoms with van der Waals surface area (Å²) in [4.78, 5) is 11.0. The molecule has 0 amide bonds. The summed E-state index contributed by atoms with van der Waals surface area (Å²) in [6, 6.07) is 1.22. The van der Waals surface area contributed by atoms with Gasteiger partial charge in [-0.2, -0.15) is 5.70 Å². The molecule has 2 atom stereocenters. The van der Waals surface area contributed by atoms with Crippen LogP contribution in [0.25, 0.3) is 16.0 Å². The van der Waals surface area contributed by atoms with Crippen LogP contribution < -0.4 is 0 Å². The van der Waals surface area contributed by atoms with Crippen molar-refractivity contribution < 1.29 is 27.4 Å². The van der Waals surface area contributed by atoms with Crippen LogP contribution in [0.3, 0.4) is 0 Å². The van der Waals surface area contributed by atoms with E-state index in [1.54, 1.807) is 0 Å². The summed E-state index contributed by atoms with van der Waals surface area (Å²) in [5.41, 5.74) is 1.26. The van der Waals surface area contributed by atoms with E-state index < -0.39 is 5.09 Å². The second-order valence-corrected chi connectivity index (χ2v) is 7.95. The van der Waals surface area contributed by atoms with E-state index in [0.29, 0.717) is 12.1 Å². The fraction of sp³-hybridized carbons (Fsp3) is 0.810. The molecule has 30 heavy (non-hydrogen) atoms. The quantitative estimate of drug-likeness (QED) is 0.297. The molecule has 0 aromatic carbocycles. The summed E-state index contributed by atoms with van der Waals surface area (Å²) in [6.45, 7) is 6.53. The van der Waals surface area contributed by atoms with E-state index >= 15 is 0 Å². The molecule has 0 saturated carbocycles. The van der Waals surface area contributed by atoms with Crippen molar-refractivity contribution in [3.63, 3.8) is 0 Å². The van der Waals surface area contributed by atoms with Crippen molar-refractivity contribution in [3.8, 4) is 0 Å².